The lowest BCUT2D eigenvalue weighted by Gasteiger charge is -2.12. The molecule has 0 radical (unpaired) electrons. The molecule has 0 bridgehead atoms. The summed E-state index contributed by atoms with van der Waals surface area (Å²) in [7, 11) is -3.82. The number of amides is 3. The van der Waals surface area contributed by atoms with Crippen LogP contribution >= 0.6 is 0 Å². The van der Waals surface area contributed by atoms with E-state index in [1.54, 1.807) is 13.8 Å². The lowest BCUT2D eigenvalue weighted by molar-refractivity contribution is -0.121. The molecule has 110 valence electrons. The summed E-state index contributed by atoms with van der Waals surface area (Å²) in [6.45, 7) is 2.74. The molecule has 0 saturated carbocycles. The minimum absolute atomic E-state index is 0.0102. The molecule has 8 nitrogen and oxygen atoms in total. The molecule has 0 aliphatic heterocycles. The number of carbonyl (C=O) groups excluding carboxylic acids is 2. The summed E-state index contributed by atoms with van der Waals surface area (Å²) in [5.41, 5.74) is 5.66. The van der Waals surface area contributed by atoms with Crippen LogP contribution in [0.5, 0.6) is 5.75 Å². The molecular weight excluding hydrogens is 286 g/mol. The molecule has 0 heterocycles. The summed E-state index contributed by atoms with van der Waals surface area (Å²) in [6.07, 6.45) is 0. The minimum Gasteiger partial charge on any atom is -0.483 e. The van der Waals surface area contributed by atoms with Crippen LogP contribution in [-0.4, -0.2) is 27.0 Å². The minimum atomic E-state index is -3.82. The smallest absolute Gasteiger partial charge is 0.318 e. The Labute approximate surface area is 116 Å². The van der Waals surface area contributed by atoms with Gasteiger partial charge in [-0.2, -0.15) is 0 Å². The van der Waals surface area contributed by atoms with Gasteiger partial charge in [-0.1, -0.05) is 0 Å². The number of rotatable bonds is 4. The molecule has 0 aromatic heterocycles. The number of sulfonamides is 1. The number of primary amides is 1. The third kappa shape index (κ3) is 4.21. The van der Waals surface area contributed by atoms with Gasteiger partial charge in [-0.3, -0.25) is 10.1 Å². The highest BCUT2D eigenvalue weighted by Crippen LogP contribution is 2.25. The number of benzene rings is 1. The number of nitrogens with two attached hydrogens (primary N) is 2. The van der Waals surface area contributed by atoms with Gasteiger partial charge < -0.3 is 10.5 Å². The van der Waals surface area contributed by atoms with E-state index in [9.17, 15) is 18.0 Å². The summed E-state index contributed by atoms with van der Waals surface area (Å²) in [4.78, 5) is 21.6. The van der Waals surface area contributed by atoms with Crippen molar-refractivity contribution in [1.29, 1.82) is 0 Å². The molecule has 0 saturated heterocycles. The lowest BCUT2D eigenvalue weighted by atomic mass is 10.1. The average Bonchev–Trinajstić information content (AvgIpc) is 2.27. The van der Waals surface area contributed by atoms with Gasteiger partial charge in [0.1, 0.15) is 5.75 Å². The first-order valence-electron chi connectivity index (χ1n) is 5.47. The molecule has 0 spiro atoms. The molecule has 1 aromatic carbocycles. The first-order chi connectivity index (χ1) is 9.11. The fourth-order valence-corrected chi connectivity index (χ4v) is 2.39. The maximum Gasteiger partial charge on any atom is 0.318 e. The van der Waals surface area contributed by atoms with E-state index in [-0.39, 0.29) is 4.90 Å². The molecule has 0 aliphatic carbocycles. The van der Waals surface area contributed by atoms with Gasteiger partial charge in [0.15, 0.2) is 6.61 Å². The Morgan fingerprint density at radius 2 is 1.85 bits per heavy atom. The van der Waals surface area contributed by atoms with Crippen LogP contribution < -0.4 is 20.9 Å². The van der Waals surface area contributed by atoms with Crippen LogP contribution in [0.3, 0.4) is 0 Å². The number of carbonyl (C=O) groups is 2. The first kappa shape index (κ1) is 15.9. The van der Waals surface area contributed by atoms with Gasteiger partial charge in [0.05, 0.1) is 4.90 Å². The average molecular weight is 301 g/mol. The number of primary sulfonamides is 1. The van der Waals surface area contributed by atoms with Crippen LogP contribution in [-0.2, 0) is 14.8 Å². The molecule has 20 heavy (non-hydrogen) atoms. The van der Waals surface area contributed by atoms with Crippen LogP contribution in [0.4, 0.5) is 4.79 Å². The second-order valence-electron chi connectivity index (χ2n) is 4.13. The molecular formula is C11H15N3O5S. The highest BCUT2D eigenvalue weighted by molar-refractivity contribution is 7.89. The number of ether oxygens (including phenoxy) is 1. The van der Waals surface area contributed by atoms with Gasteiger partial charge in [-0.15, -0.1) is 0 Å². The zero-order chi connectivity index (χ0) is 15.5. The lowest BCUT2D eigenvalue weighted by Crippen LogP contribution is -2.38. The molecule has 3 amide bonds. The summed E-state index contributed by atoms with van der Waals surface area (Å²) in [5, 5.41) is 6.91. The van der Waals surface area contributed by atoms with Gasteiger partial charge in [-0.05, 0) is 37.1 Å². The monoisotopic (exact) mass is 301 g/mol. The largest absolute Gasteiger partial charge is 0.483 e. The highest BCUT2D eigenvalue weighted by atomic mass is 32.2. The topological polar surface area (TPSA) is 142 Å². The summed E-state index contributed by atoms with van der Waals surface area (Å²) in [6, 6.07) is 1.83. The maximum atomic E-state index is 11.3. The van der Waals surface area contributed by atoms with Crippen LogP contribution in [0.1, 0.15) is 11.1 Å². The van der Waals surface area contributed by atoms with Crippen molar-refractivity contribution in [2.75, 3.05) is 6.61 Å². The molecule has 5 N–H and O–H groups in total. The molecule has 0 unspecified atom stereocenters. The van der Waals surface area contributed by atoms with Crippen LogP contribution in [0.2, 0.25) is 0 Å². The highest BCUT2D eigenvalue weighted by Gasteiger charge is 2.15. The molecule has 1 rings (SSSR count). The summed E-state index contributed by atoms with van der Waals surface area (Å²) in [5.74, 6) is -0.389. The second kappa shape index (κ2) is 5.88. The predicted octanol–water partition coefficient (Wildman–Crippen LogP) is -0.475. The van der Waals surface area contributed by atoms with E-state index in [4.69, 9.17) is 15.6 Å². The van der Waals surface area contributed by atoms with Gasteiger partial charge in [0.2, 0.25) is 10.0 Å². The molecule has 0 fully saturated rings. The quantitative estimate of drug-likeness (QED) is 0.688. The Kier molecular flexibility index (Phi) is 4.69. The van der Waals surface area contributed by atoms with Crippen molar-refractivity contribution in [3.8, 4) is 5.75 Å². The van der Waals surface area contributed by atoms with E-state index >= 15 is 0 Å². The summed E-state index contributed by atoms with van der Waals surface area (Å²) >= 11 is 0. The standard InChI is InChI=1S/C11H15N3O5S/c1-6-4-9(20(13,17)18)7(2)3-8(6)19-5-10(15)14-11(12)16/h3-4H,5H2,1-2H3,(H2,13,17,18)(H3,12,14,15,16). The molecule has 1 aromatic rings. The number of hydrogen-bond acceptors (Lipinski definition) is 5. The van der Waals surface area contributed by atoms with Crippen LogP contribution in [0.25, 0.3) is 0 Å². The molecule has 0 aliphatic rings. The van der Waals surface area contributed by atoms with Crippen LogP contribution in [0.15, 0.2) is 17.0 Å². The normalized spacial score (nSPS) is 10.9. The van der Waals surface area contributed by atoms with Crippen molar-refractivity contribution in [1.82, 2.24) is 5.32 Å². The van der Waals surface area contributed by atoms with Crippen molar-refractivity contribution in [3.05, 3.63) is 23.3 Å². The van der Waals surface area contributed by atoms with E-state index in [0.29, 0.717) is 16.9 Å². The van der Waals surface area contributed by atoms with Crippen molar-refractivity contribution >= 4 is 22.0 Å². The van der Waals surface area contributed by atoms with Crippen molar-refractivity contribution in [3.63, 3.8) is 0 Å². The maximum absolute atomic E-state index is 11.3. The van der Waals surface area contributed by atoms with Crippen LogP contribution in [0, 0.1) is 13.8 Å². The van der Waals surface area contributed by atoms with Crippen molar-refractivity contribution < 1.29 is 22.7 Å². The number of aryl methyl sites for hydroxylation is 2. The fraction of sp³-hybridized carbons (Fsp3) is 0.273. The van der Waals surface area contributed by atoms with E-state index in [1.807, 2.05) is 5.32 Å². The van der Waals surface area contributed by atoms with Gasteiger partial charge in [0.25, 0.3) is 5.91 Å². The third-order valence-electron chi connectivity index (χ3n) is 2.40. The van der Waals surface area contributed by atoms with E-state index in [0.717, 1.165) is 0 Å². The van der Waals surface area contributed by atoms with Crippen molar-refractivity contribution in [2.45, 2.75) is 18.7 Å². The molecule has 9 heteroatoms. The third-order valence-corrected chi connectivity index (χ3v) is 3.45. The molecule has 0 atom stereocenters. The second-order valence-corrected chi connectivity index (χ2v) is 5.66. The van der Waals surface area contributed by atoms with Gasteiger partial charge in [-0.25, -0.2) is 18.4 Å². The van der Waals surface area contributed by atoms with Crippen molar-refractivity contribution in [2.24, 2.45) is 10.9 Å². The van der Waals surface area contributed by atoms with Gasteiger partial charge in [0, 0.05) is 0 Å². The Balaban J connectivity index is 2.91. The summed E-state index contributed by atoms with van der Waals surface area (Å²) < 4.78 is 27.8. The van der Waals surface area contributed by atoms with E-state index < -0.39 is 28.6 Å². The van der Waals surface area contributed by atoms with E-state index in [2.05, 4.69) is 0 Å². The number of urea groups is 1. The predicted molar refractivity (Wildman–Crippen MR) is 70.5 cm³/mol. The number of nitrogens with one attached hydrogen (secondary N) is 1. The zero-order valence-corrected chi connectivity index (χ0v) is 11.8. The zero-order valence-electron chi connectivity index (χ0n) is 11.0. The van der Waals surface area contributed by atoms with Gasteiger partial charge >= 0.3 is 6.03 Å². The Hall–Kier alpha value is -2.13. The first-order valence-corrected chi connectivity index (χ1v) is 7.02. The Morgan fingerprint density at radius 1 is 1.25 bits per heavy atom. The number of hydrogen-bond donors (Lipinski definition) is 3. The number of imide groups is 1. The van der Waals surface area contributed by atoms with E-state index in [1.165, 1.54) is 12.1 Å². The SMILES string of the molecule is Cc1cc(S(N)(=O)=O)c(C)cc1OCC(=O)NC(N)=O. The fourth-order valence-electron chi connectivity index (χ4n) is 1.54. The Morgan fingerprint density at radius 3 is 2.35 bits per heavy atom. The Bertz CT molecular complexity index is 654.